The van der Waals surface area contributed by atoms with Crippen molar-refractivity contribution in [3.05, 3.63) is 87.3 Å². The molecule has 1 saturated heterocycles. The van der Waals surface area contributed by atoms with E-state index in [2.05, 4.69) is 15.5 Å². The molecule has 180 valence electrons. The molecule has 2 amide bonds. The monoisotopic (exact) mass is 513 g/mol. The van der Waals surface area contributed by atoms with Crippen molar-refractivity contribution in [3.8, 4) is 0 Å². The molecule has 0 atom stereocenters. The zero-order valence-electron chi connectivity index (χ0n) is 18.3. The molecule has 10 nitrogen and oxygen atoms in total. The van der Waals surface area contributed by atoms with Crippen LogP contribution in [-0.2, 0) is 0 Å². The number of carbonyl (C=O) groups is 2. The van der Waals surface area contributed by atoms with Crippen LogP contribution in [0.15, 0.2) is 65.3 Å². The van der Waals surface area contributed by atoms with Crippen molar-refractivity contribution in [2.75, 3.05) is 36.4 Å². The van der Waals surface area contributed by atoms with E-state index < -0.39 is 10.8 Å². The van der Waals surface area contributed by atoms with E-state index in [1.54, 1.807) is 29.2 Å². The van der Waals surface area contributed by atoms with Gasteiger partial charge in [0.1, 0.15) is 5.56 Å². The molecule has 0 unspecified atom stereocenters. The van der Waals surface area contributed by atoms with E-state index in [4.69, 9.17) is 28.2 Å². The average molecular weight is 514 g/mol. The number of hydrogen-bond acceptors (Lipinski definition) is 7. The van der Waals surface area contributed by atoms with Crippen LogP contribution in [0.3, 0.4) is 0 Å². The molecule has 0 radical (unpaired) electrons. The van der Waals surface area contributed by atoms with Gasteiger partial charge in [-0.1, -0.05) is 23.7 Å². The number of anilines is 2. The summed E-state index contributed by atoms with van der Waals surface area (Å²) >= 11 is 11.7. The SMILES string of the molecule is O=C(NC(=S)Nc1ccc(N2CCN(C(=O)c3ccco3)CC2)c(Cl)c1)c1ccccc1[N+](=O)[O-]. The van der Waals surface area contributed by atoms with Gasteiger partial charge in [-0.3, -0.25) is 25.0 Å². The van der Waals surface area contributed by atoms with Gasteiger partial charge in [0.25, 0.3) is 17.5 Å². The number of amides is 2. The third-order valence-electron chi connectivity index (χ3n) is 5.42. The minimum atomic E-state index is -0.695. The van der Waals surface area contributed by atoms with Gasteiger partial charge < -0.3 is 19.5 Å². The Morgan fingerprint density at radius 3 is 2.46 bits per heavy atom. The first-order valence-corrected chi connectivity index (χ1v) is 11.3. The molecule has 1 aliphatic heterocycles. The molecule has 0 saturated carbocycles. The van der Waals surface area contributed by atoms with Gasteiger partial charge in [0.2, 0.25) is 0 Å². The molecule has 0 aliphatic carbocycles. The lowest BCUT2D eigenvalue weighted by atomic mass is 10.1. The van der Waals surface area contributed by atoms with Gasteiger partial charge >= 0.3 is 0 Å². The lowest BCUT2D eigenvalue weighted by Gasteiger charge is -2.36. The van der Waals surface area contributed by atoms with E-state index in [1.165, 1.54) is 30.5 Å². The summed E-state index contributed by atoms with van der Waals surface area (Å²) in [5, 5.41) is 16.9. The van der Waals surface area contributed by atoms with Crippen molar-refractivity contribution in [2.24, 2.45) is 0 Å². The molecule has 4 rings (SSSR count). The van der Waals surface area contributed by atoms with Crippen molar-refractivity contribution in [3.63, 3.8) is 0 Å². The number of para-hydroxylation sites is 1. The maximum absolute atomic E-state index is 12.4. The molecule has 35 heavy (non-hydrogen) atoms. The smallest absolute Gasteiger partial charge is 0.289 e. The number of nitrogens with one attached hydrogen (secondary N) is 2. The topological polar surface area (TPSA) is 121 Å². The minimum absolute atomic E-state index is 0.0259. The van der Waals surface area contributed by atoms with Gasteiger partial charge in [-0.15, -0.1) is 0 Å². The molecule has 3 aromatic rings. The van der Waals surface area contributed by atoms with Crippen LogP contribution in [0.1, 0.15) is 20.9 Å². The van der Waals surface area contributed by atoms with Gasteiger partial charge in [-0.25, -0.2) is 0 Å². The van der Waals surface area contributed by atoms with Crippen molar-refractivity contribution in [1.82, 2.24) is 10.2 Å². The van der Waals surface area contributed by atoms with E-state index in [0.717, 1.165) is 5.69 Å². The summed E-state index contributed by atoms with van der Waals surface area (Å²) in [6.45, 7) is 2.25. The summed E-state index contributed by atoms with van der Waals surface area (Å²) in [6.07, 6.45) is 1.47. The highest BCUT2D eigenvalue weighted by Gasteiger charge is 2.25. The second-order valence-electron chi connectivity index (χ2n) is 7.61. The quantitative estimate of drug-likeness (QED) is 0.299. The van der Waals surface area contributed by atoms with Crippen LogP contribution in [0, 0.1) is 10.1 Å². The van der Waals surface area contributed by atoms with E-state index in [1.807, 2.05) is 6.07 Å². The first kappa shape index (κ1) is 24.2. The molecule has 1 fully saturated rings. The third kappa shape index (κ3) is 5.58. The van der Waals surface area contributed by atoms with Crippen molar-refractivity contribution >= 4 is 57.8 Å². The molecule has 2 heterocycles. The molecule has 12 heteroatoms. The molecule has 2 aromatic carbocycles. The van der Waals surface area contributed by atoms with E-state index in [0.29, 0.717) is 42.6 Å². The third-order valence-corrected chi connectivity index (χ3v) is 5.92. The number of rotatable bonds is 5. The second-order valence-corrected chi connectivity index (χ2v) is 8.42. The molecular formula is C23H20ClN5O5S. The molecule has 1 aliphatic rings. The Balaban J connectivity index is 1.35. The largest absolute Gasteiger partial charge is 0.459 e. The fourth-order valence-electron chi connectivity index (χ4n) is 3.71. The second kappa shape index (κ2) is 10.5. The number of piperazine rings is 1. The number of nitro benzene ring substituents is 1. The molecule has 0 spiro atoms. The van der Waals surface area contributed by atoms with Crippen LogP contribution in [0.25, 0.3) is 0 Å². The standard InChI is InChI=1S/C23H20ClN5O5S/c24-17-14-15(25-23(35)26-21(30)16-4-1-2-5-18(16)29(32)33)7-8-19(17)27-9-11-28(12-10-27)22(31)20-6-3-13-34-20/h1-8,13-14H,9-12H2,(H2,25,26,30,35). The summed E-state index contributed by atoms with van der Waals surface area (Å²) in [5.74, 6) is -0.520. The zero-order valence-corrected chi connectivity index (χ0v) is 19.8. The van der Waals surface area contributed by atoms with Crippen molar-refractivity contribution in [1.29, 1.82) is 0 Å². The van der Waals surface area contributed by atoms with Crippen molar-refractivity contribution < 1.29 is 18.9 Å². The Morgan fingerprint density at radius 1 is 1.06 bits per heavy atom. The number of benzene rings is 2. The van der Waals surface area contributed by atoms with E-state index in [9.17, 15) is 19.7 Å². The highest BCUT2D eigenvalue weighted by Crippen LogP contribution is 2.30. The van der Waals surface area contributed by atoms with Crippen LogP contribution in [0.5, 0.6) is 0 Å². The number of furan rings is 1. The summed E-state index contributed by atoms with van der Waals surface area (Å²) in [6, 6.07) is 14.2. The molecule has 1 aromatic heterocycles. The van der Waals surface area contributed by atoms with Gasteiger partial charge in [-0.05, 0) is 48.6 Å². The lowest BCUT2D eigenvalue weighted by Crippen LogP contribution is -2.48. The summed E-state index contributed by atoms with van der Waals surface area (Å²) in [7, 11) is 0. The minimum Gasteiger partial charge on any atom is -0.459 e. The number of halogens is 1. The van der Waals surface area contributed by atoms with Crippen LogP contribution >= 0.6 is 23.8 Å². The van der Waals surface area contributed by atoms with E-state index in [-0.39, 0.29) is 22.3 Å². The molecular weight excluding hydrogens is 494 g/mol. The zero-order chi connectivity index (χ0) is 24.9. The van der Waals surface area contributed by atoms with Gasteiger partial charge in [0, 0.05) is 37.9 Å². The fourth-order valence-corrected chi connectivity index (χ4v) is 4.22. The van der Waals surface area contributed by atoms with E-state index >= 15 is 0 Å². The van der Waals surface area contributed by atoms with Gasteiger partial charge in [0.15, 0.2) is 10.9 Å². The average Bonchev–Trinajstić information content (AvgIpc) is 3.39. The first-order valence-electron chi connectivity index (χ1n) is 10.6. The lowest BCUT2D eigenvalue weighted by molar-refractivity contribution is -0.385. The fraction of sp³-hybridized carbons (Fsp3) is 0.174. The number of thiocarbonyl (C=S) groups is 1. The van der Waals surface area contributed by atoms with Crippen LogP contribution in [0.4, 0.5) is 17.1 Å². The van der Waals surface area contributed by atoms with Crippen molar-refractivity contribution in [2.45, 2.75) is 0 Å². The van der Waals surface area contributed by atoms with Gasteiger partial charge in [0.05, 0.1) is 21.9 Å². The molecule has 0 bridgehead atoms. The summed E-state index contributed by atoms with van der Waals surface area (Å²) < 4.78 is 5.19. The maximum Gasteiger partial charge on any atom is 0.289 e. The summed E-state index contributed by atoms with van der Waals surface area (Å²) in [5.41, 5.74) is 0.932. The maximum atomic E-state index is 12.4. The summed E-state index contributed by atoms with van der Waals surface area (Å²) in [4.78, 5) is 39.2. The van der Waals surface area contributed by atoms with Gasteiger partial charge in [-0.2, -0.15) is 0 Å². The highest BCUT2D eigenvalue weighted by molar-refractivity contribution is 7.80. The predicted molar refractivity (Wildman–Crippen MR) is 135 cm³/mol. The van der Waals surface area contributed by atoms with Crippen LogP contribution in [-0.4, -0.2) is 52.9 Å². The highest BCUT2D eigenvalue weighted by atomic mass is 35.5. The Kier molecular flexibility index (Phi) is 7.28. The number of nitrogens with zero attached hydrogens (tertiary/aromatic N) is 3. The Bertz CT molecular complexity index is 1280. The first-order chi connectivity index (χ1) is 16.8. The number of hydrogen-bond donors (Lipinski definition) is 2. The van der Waals surface area contributed by atoms with Crippen LogP contribution in [0.2, 0.25) is 5.02 Å². The van der Waals surface area contributed by atoms with Crippen LogP contribution < -0.4 is 15.5 Å². The normalized spacial score (nSPS) is 13.3. The number of nitro groups is 1. The predicted octanol–water partition coefficient (Wildman–Crippen LogP) is 3.93. The molecule has 2 N–H and O–H groups in total. The Labute approximate surface area is 210 Å². The number of carbonyl (C=O) groups excluding carboxylic acids is 2. The Hall–Kier alpha value is -3.96. The Morgan fingerprint density at radius 2 is 1.80 bits per heavy atom.